The molecule has 0 amide bonds. The number of hydrogen-bond acceptors (Lipinski definition) is 5. The van der Waals surface area contributed by atoms with E-state index in [9.17, 15) is 13.2 Å². The fraction of sp³-hybridized carbons (Fsp3) is 0.308. The Morgan fingerprint density at radius 1 is 1.45 bits per heavy atom. The van der Waals surface area contributed by atoms with Gasteiger partial charge in [-0.25, -0.2) is 8.42 Å². The molecule has 0 aliphatic rings. The monoisotopic (exact) mass is 296 g/mol. The minimum atomic E-state index is -3.79. The maximum absolute atomic E-state index is 12.1. The fourth-order valence-electron chi connectivity index (χ4n) is 1.42. The van der Waals surface area contributed by atoms with Gasteiger partial charge in [-0.15, -0.1) is 0 Å². The molecule has 0 aliphatic carbocycles. The summed E-state index contributed by atoms with van der Waals surface area (Å²) in [4.78, 5) is 11.1. The Morgan fingerprint density at radius 3 is 2.75 bits per heavy atom. The number of esters is 1. The van der Waals surface area contributed by atoms with E-state index in [0.717, 1.165) is 0 Å². The Labute approximate surface area is 118 Å². The first-order valence-electron chi connectivity index (χ1n) is 5.77. The highest BCUT2D eigenvalue weighted by molar-refractivity contribution is 7.89. The van der Waals surface area contributed by atoms with Gasteiger partial charge in [0.2, 0.25) is 10.0 Å². The van der Waals surface area contributed by atoms with E-state index >= 15 is 0 Å². The van der Waals surface area contributed by atoms with Crippen molar-refractivity contribution in [3.8, 4) is 11.8 Å². The van der Waals surface area contributed by atoms with Crippen molar-refractivity contribution in [3.63, 3.8) is 0 Å². The number of hydrogen-bond donors (Lipinski definition) is 2. The van der Waals surface area contributed by atoms with Crippen LogP contribution in [0.15, 0.2) is 23.1 Å². The first-order valence-corrected chi connectivity index (χ1v) is 7.25. The Bertz CT molecular complexity index is 657. The Morgan fingerprint density at radius 2 is 2.15 bits per heavy atom. The summed E-state index contributed by atoms with van der Waals surface area (Å²) in [5.74, 6) is 4.75. The molecule has 0 aliphatic heterocycles. The molecule has 1 rings (SSSR count). The molecular formula is C13H16N2O4S. The van der Waals surface area contributed by atoms with E-state index in [1.807, 2.05) is 0 Å². The molecule has 3 N–H and O–H groups in total. The fourth-order valence-corrected chi connectivity index (χ4v) is 2.66. The van der Waals surface area contributed by atoms with Crippen LogP contribution in [0.1, 0.15) is 11.1 Å². The molecule has 6 nitrogen and oxygen atoms in total. The zero-order valence-corrected chi connectivity index (χ0v) is 12.1. The van der Waals surface area contributed by atoms with Gasteiger partial charge >= 0.3 is 5.97 Å². The van der Waals surface area contributed by atoms with Crippen LogP contribution in [0.3, 0.4) is 0 Å². The van der Waals surface area contributed by atoms with Gasteiger partial charge in [0.15, 0.2) is 0 Å². The molecule has 0 radical (unpaired) electrons. The predicted molar refractivity (Wildman–Crippen MR) is 74.3 cm³/mol. The molecule has 1 aromatic carbocycles. The average Bonchev–Trinajstić information content (AvgIpc) is 2.43. The van der Waals surface area contributed by atoms with Crippen LogP contribution >= 0.6 is 0 Å². The van der Waals surface area contributed by atoms with E-state index < -0.39 is 22.5 Å². The van der Waals surface area contributed by atoms with Crippen LogP contribution in [0.5, 0.6) is 0 Å². The molecule has 0 saturated carbocycles. The van der Waals surface area contributed by atoms with Gasteiger partial charge < -0.3 is 10.5 Å². The van der Waals surface area contributed by atoms with Crippen LogP contribution < -0.4 is 10.5 Å². The summed E-state index contributed by atoms with van der Waals surface area (Å²) < 4.78 is 30.8. The lowest BCUT2D eigenvalue weighted by atomic mass is 10.1. The van der Waals surface area contributed by atoms with Gasteiger partial charge in [0.1, 0.15) is 6.54 Å². The lowest BCUT2D eigenvalue weighted by Crippen LogP contribution is -2.30. The van der Waals surface area contributed by atoms with Gasteiger partial charge in [-0.1, -0.05) is 17.9 Å². The van der Waals surface area contributed by atoms with Gasteiger partial charge in [0, 0.05) is 5.56 Å². The molecule has 1 aromatic rings. The summed E-state index contributed by atoms with van der Waals surface area (Å²) in [6.45, 7) is 1.43. The smallest absolute Gasteiger partial charge is 0.320 e. The number of nitrogens with one attached hydrogen (secondary N) is 1. The van der Waals surface area contributed by atoms with Crippen molar-refractivity contribution in [2.45, 2.75) is 11.8 Å². The first-order chi connectivity index (χ1) is 9.40. The third-order valence-electron chi connectivity index (χ3n) is 2.45. The van der Waals surface area contributed by atoms with Gasteiger partial charge in [-0.2, -0.15) is 4.72 Å². The number of carbonyl (C=O) groups excluding carboxylic acids is 1. The number of nitrogens with two attached hydrogens (primary N) is 1. The van der Waals surface area contributed by atoms with Crippen molar-refractivity contribution < 1.29 is 17.9 Å². The molecule has 0 heterocycles. The normalized spacial score (nSPS) is 10.6. The maximum atomic E-state index is 12.1. The molecule has 20 heavy (non-hydrogen) atoms. The average molecular weight is 296 g/mol. The van der Waals surface area contributed by atoms with E-state index in [2.05, 4.69) is 21.3 Å². The second-order valence-corrected chi connectivity index (χ2v) is 5.62. The SMILES string of the molecule is COC(=O)CNS(=O)(=O)c1cc(C#CCN)ccc1C. The Balaban J connectivity index is 3.07. The lowest BCUT2D eigenvalue weighted by Gasteiger charge is -2.09. The number of carbonyl (C=O) groups is 1. The summed E-state index contributed by atoms with van der Waals surface area (Å²) in [5.41, 5.74) is 6.37. The topological polar surface area (TPSA) is 98.5 Å². The molecule has 0 spiro atoms. The number of ether oxygens (including phenoxy) is 1. The third kappa shape index (κ3) is 4.35. The van der Waals surface area contributed by atoms with Crippen LogP contribution in [0.25, 0.3) is 0 Å². The second-order valence-electron chi connectivity index (χ2n) is 3.89. The molecule has 108 valence electrons. The van der Waals surface area contributed by atoms with E-state index in [-0.39, 0.29) is 11.4 Å². The minimum Gasteiger partial charge on any atom is -0.468 e. The largest absolute Gasteiger partial charge is 0.468 e. The van der Waals surface area contributed by atoms with E-state index in [1.54, 1.807) is 19.1 Å². The summed E-state index contributed by atoms with van der Waals surface area (Å²) in [7, 11) is -2.61. The lowest BCUT2D eigenvalue weighted by molar-refractivity contribution is -0.139. The summed E-state index contributed by atoms with van der Waals surface area (Å²) in [6, 6.07) is 4.79. The molecule has 0 aromatic heterocycles. The number of sulfonamides is 1. The number of methoxy groups -OCH3 is 1. The van der Waals surface area contributed by atoms with E-state index in [1.165, 1.54) is 13.2 Å². The molecule has 0 saturated heterocycles. The van der Waals surface area contributed by atoms with Gasteiger partial charge in [0.05, 0.1) is 18.6 Å². The summed E-state index contributed by atoms with van der Waals surface area (Å²) in [6.07, 6.45) is 0. The van der Waals surface area contributed by atoms with Crippen LogP contribution in [-0.2, 0) is 19.6 Å². The van der Waals surface area contributed by atoms with Gasteiger partial charge in [-0.05, 0) is 24.6 Å². The van der Waals surface area contributed by atoms with Crippen molar-refractivity contribution in [2.75, 3.05) is 20.2 Å². The third-order valence-corrected chi connectivity index (χ3v) is 3.99. The zero-order chi connectivity index (χ0) is 15.2. The molecule has 0 atom stereocenters. The van der Waals surface area contributed by atoms with E-state index in [4.69, 9.17) is 5.73 Å². The molecule has 0 unspecified atom stereocenters. The molecule has 0 fully saturated rings. The molecular weight excluding hydrogens is 280 g/mol. The Kier molecular flexibility index (Phi) is 5.70. The summed E-state index contributed by atoms with van der Waals surface area (Å²) >= 11 is 0. The van der Waals surface area contributed by atoms with Crippen molar-refractivity contribution in [1.29, 1.82) is 0 Å². The maximum Gasteiger partial charge on any atom is 0.320 e. The van der Waals surface area contributed by atoms with E-state index in [0.29, 0.717) is 11.1 Å². The molecule has 7 heteroatoms. The first kappa shape index (κ1) is 16.2. The van der Waals surface area contributed by atoms with Gasteiger partial charge in [-0.3, -0.25) is 4.79 Å². The predicted octanol–water partition coefficient (Wildman–Crippen LogP) is -0.243. The minimum absolute atomic E-state index is 0.0743. The van der Waals surface area contributed by atoms with Crippen LogP contribution in [-0.4, -0.2) is 34.6 Å². The van der Waals surface area contributed by atoms with Crippen LogP contribution in [0, 0.1) is 18.8 Å². The highest BCUT2D eigenvalue weighted by atomic mass is 32.2. The highest BCUT2D eigenvalue weighted by Gasteiger charge is 2.18. The van der Waals surface area contributed by atoms with Crippen molar-refractivity contribution in [2.24, 2.45) is 5.73 Å². The van der Waals surface area contributed by atoms with Crippen molar-refractivity contribution in [1.82, 2.24) is 4.72 Å². The zero-order valence-electron chi connectivity index (χ0n) is 11.3. The van der Waals surface area contributed by atoms with Gasteiger partial charge in [0.25, 0.3) is 0 Å². The van der Waals surface area contributed by atoms with Crippen molar-refractivity contribution in [3.05, 3.63) is 29.3 Å². The van der Waals surface area contributed by atoms with Crippen LogP contribution in [0.4, 0.5) is 0 Å². The van der Waals surface area contributed by atoms with Crippen molar-refractivity contribution >= 4 is 16.0 Å². The highest BCUT2D eigenvalue weighted by Crippen LogP contribution is 2.16. The van der Waals surface area contributed by atoms with Crippen LogP contribution in [0.2, 0.25) is 0 Å². The summed E-state index contributed by atoms with van der Waals surface area (Å²) in [5, 5.41) is 0. The molecule has 0 bridgehead atoms. The standard InChI is InChI=1S/C13H16N2O4S/c1-10-5-6-11(4-3-7-14)8-12(10)20(17,18)15-9-13(16)19-2/h5-6,8,15H,7,9,14H2,1-2H3. The second kappa shape index (κ2) is 7.05. The number of benzene rings is 1. The Hall–Kier alpha value is -1.88. The number of aryl methyl sites for hydroxylation is 1. The quantitative estimate of drug-likeness (QED) is 0.590. The number of rotatable bonds is 4.